The molecule has 0 heterocycles. The molecular formula is C12H17N3O5S. The van der Waals surface area contributed by atoms with E-state index in [1.54, 1.807) is 0 Å². The van der Waals surface area contributed by atoms with Crippen LogP contribution in [0.1, 0.15) is 19.3 Å². The van der Waals surface area contributed by atoms with Crippen LogP contribution in [0.25, 0.3) is 0 Å². The summed E-state index contributed by atoms with van der Waals surface area (Å²) in [4.78, 5) is 9.86. The van der Waals surface area contributed by atoms with Gasteiger partial charge in [-0.2, -0.15) is 0 Å². The molecule has 1 aromatic rings. The van der Waals surface area contributed by atoms with Crippen LogP contribution in [0.4, 0.5) is 5.69 Å². The number of nitrogens with two attached hydrogens (primary N) is 1. The van der Waals surface area contributed by atoms with Crippen molar-refractivity contribution in [2.45, 2.75) is 29.7 Å². The third-order valence-corrected chi connectivity index (χ3v) is 5.03. The number of hydrogen-bond donors (Lipinski definition) is 2. The molecule has 1 fully saturated rings. The van der Waals surface area contributed by atoms with Crippen LogP contribution < -0.4 is 15.2 Å². The van der Waals surface area contributed by atoms with Crippen LogP contribution in [0.2, 0.25) is 0 Å². The molecule has 0 bridgehead atoms. The van der Waals surface area contributed by atoms with Gasteiger partial charge in [-0.1, -0.05) is 0 Å². The van der Waals surface area contributed by atoms with E-state index in [9.17, 15) is 18.5 Å². The molecule has 9 heteroatoms. The summed E-state index contributed by atoms with van der Waals surface area (Å²) < 4.78 is 32.0. The maximum absolute atomic E-state index is 12.3. The van der Waals surface area contributed by atoms with Gasteiger partial charge in [0.05, 0.1) is 12.0 Å². The zero-order chi connectivity index (χ0) is 15.7. The number of methoxy groups -OCH3 is 1. The molecule has 1 aromatic carbocycles. The highest BCUT2D eigenvalue weighted by atomic mass is 32.2. The first-order chi connectivity index (χ1) is 9.77. The van der Waals surface area contributed by atoms with E-state index >= 15 is 0 Å². The van der Waals surface area contributed by atoms with Crippen LogP contribution >= 0.6 is 0 Å². The Morgan fingerprint density at radius 3 is 2.62 bits per heavy atom. The number of non-ortho nitro benzene ring substituents is 1. The molecule has 1 aliphatic rings. The van der Waals surface area contributed by atoms with Gasteiger partial charge in [0.1, 0.15) is 10.6 Å². The molecule has 0 amide bonds. The molecule has 1 saturated carbocycles. The van der Waals surface area contributed by atoms with Crippen molar-refractivity contribution in [3.05, 3.63) is 28.3 Å². The van der Waals surface area contributed by atoms with Crippen molar-refractivity contribution < 1.29 is 18.1 Å². The highest BCUT2D eigenvalue weighted by molar-refractivity contribution is 7.89. The van der Waals surface area contributed by atoms with Crippen molar-refractivity contribution in [1.29, 1.82) is 0 Å². The Morgan fingerprint density at radius 1 is 1.48 bits per heavy atom. The summed E-state index contributed by atoms with van der Waals surface area (Å²) in [6, 6.07) is 3.42. The maximum atomic E-state index is 12.3. The van der Waals surface area contributed by atoms with Gasteiger partial charge < -0.3 is 10.5 Å². The molecule has 0 aromatic heterocycles. The number of nitro groups is 1. The van der Waals surface area contributed by atoms with Gasteiger partial charge in [0.2, 0.25) is 10.0 Å². The highest BCUT2D eigenvalue weighted by Gasteiger charge is 2.34. The van der Waals surface area contributed by atoms with Crippen LogP contribution in [-0.2, 0) is 10.0 Å². The molecule has 116 valence electrons. The first-order valence-corrected chi connectivity index (χ1v) is 7.87. The van der Waals surface area contributed by atoms with E-state index in [0.29, 0.717) is 0 Å². The van der Waals surface area contributed by atoms with E-state index in [1.165, 1.54) is 19.2 Å². The van der Waals surface area contributed by atoms with Gasteiger partial charge >= 0.3 is 0 Å². The van der Waals surface area contributed by atoms with Crippen LogP contribution in [0.15, 0.2) is 23.1 Å². The number of ether oxygens (including phenoxy) is 1. The second-order valence-corrected chi connectivity index (χ2v) is 6.87. The largest absolute Gasteiger partial charge is 0.495 e. The monoisotopic (exact) mass is 315 g/mol. The number of hydrogen-bond acceptors (Lipinski definition) is 6. The van der Waals surface area contributed by atoms with Crippen molar-refractivity contribution in [1.82, 2.24) is 4.72 Å². The first-order valence-electron chi connectivity index (χ1n) is 6.38. The van der Waals surface area contributed by atoms with E-state index in [2.05, 4.69) is 4.72 Å². The molecule has 21 heavy (non-hydrogen) atoms. The van der Waals surface area contributed by atoms with E-state index in [-0.39, 0.29) is 22.9 Å². The first kappa shape index (κ1) is 15.7. The van der Waals surface area contributed by atoms with Crippen LogP contribution in [0, 0.1) is 10.1 Å². The Balaban J connectivity index is 2.29. The van der Waals surface area contributed by atoms with Gasteiger partial charge in [0, 0.05) is 24.2 Å². The minimum atomic E-state index is -3.93. The summed E-state index contributed by atoms with van der Waals surface area (Å²) in [6.07, 6.45) is 2.47. The lowest BCUT2D eigenvalue weighted by atomic mass is 9.78. The quantitative estimate of drug-likeness (QED) is 0.590. The standard InChI is InChI=1S/C12H17N3O5S/c1-20-10-4-3-9(15(16)17)7-11(10)21(18,19)14-8-12(13)5-2-6-12/h3-4,7,14H,2,5-6,8,13H2,1H3. The Bertz CT molecular complexity index is 655. The predicted octanol–water partition coefficient (Wildman–Crippen LogP) is 0.763. The van der Waals surface area contributed by atoms with Crippen molar-refractivity contribution in [3.63, 3.8) is 0 Å². The molecule has 0 spiro atoms. The summed E-state index contributed by atoms with van der Waals surface area (Å²) in [7, 11) is -2.63. The fraction of sp³-hybridized carbons (Fsp3) is 0.500. The van der Waals surface area contributed by atoms with Crippen molar-refractivity contribution in [2.75, 3.05) is 13.7 Å². The molecule has 1 aliphatic carbocycles. The van der Waals surface area contributed by atoms with E-state index in [4.69, 9.17) is 10.5 Å². The van der Waals surface area contributed by atoms with Gasteiger partial charge in [-0.25, -0.2) is 13.1 Å². The molecule has 8 nitrogen and oxygen atoms in total. The Labute approximate surface area is 122 Å². The van der Waals surface area contributed by atoms with Gasteiger partial charge in [-0.3, -0.25) is 10.1 Å². The third kappa shape index (κ3) is 3.31. The molecule has 0 atom stereocenters. The van der Waals surface area contributed by atoms with Crippen LogP contribution in [-0.4, -0.2) is 32.5 Å². The zero-order valence-corrected chi connectivity index (χ0v) is 12.4. The fourth-order valence-electron chi connectivity index (χ4n) is 2.11. The third-order valence-electron chi connectivity index (χ3n) is 3.61. The summed E-state index contributed by atoms with van der Waals surface area (Å²) in [5, 5.41) is 10.8. The number of rotatable bonds is 6. The van der Waals surface area contributed by atoms with Crippen LogP contribution in [0.5, 0.6) is 5.75 Å². The molecule has 2 rings (SSSR count). The molecule has 0 radical (unpaired) electrons. The summed E-state index contributed by atoms with van der Waals surface area (Å²) in [5.74, 6) is 0.0489. The predicted molar refractivity (Wildman–Crippen MR) is 75.6 cm³/mol. The number of nitrogens with zero attached hydrogens (tertiary/aromatic N) is 1. The Hall–Kier alpha value is -1.71. The second kappa shape index (κ2) is 5.58. The SMILES string of the molecule is COc1ccc([N+](=O)[O-])cc1S(=O)(=O)NCC1(N)CCC1. The van der Waals surface area contributed by atoms with E-state index < -0.39 is 20.5 Å². The number of nitrogens with one attached hydrogen (secondary N) is 1. The highest BCUT2D eigenvalue weighted by Crippen LogP contribution is 2.31. The Kier molecular flexibility index (Phi) is 4.17. The van der Waals surface area contributed by atoms with E-state index in [0.717, 1.165) is 25.3 Å². The average molecular weight is 315 g/mol. The lowest BCUT2D eigenvalue weighted by Gasteiger charge is -2.38. The van der Waals surface area contributed by atoms with Gasteiger partial charge in [0.25, 0.3) is 5.69 Å². The number of benzene rings is 1. The van der Waals surface area contributed by atoms with E-state index in [1.807, 2.05) is 0 Å². The molecular weight excluding hydrogens is 298 g/mol. The average Bonchev–Trinajstić information content (AvgIpc) is 2.42. The molecule has 3 N–H and O–H groups in total. The van der Waals surface area contributed by atoms with Crippen molar-refractivity contribution in [3.8, 4) is 5.75 Å². The molecule has 0 saturated heterocycles. The van der Waals surface area contributed by atoms with Crippen molar-refractivity contribution >= 4 is 15.7 Å². The topological polar surface area (TPSA) is 125 Å². The summed E-state index contributed by atoms with van der Waals surface area (Å²) in [5.41, 5.74) is 5.13. The summed E-state index contributed by atoms with van der Waals surface area (Å²) in [6.45, 7) is 0.0984. The summed E-state index contributed by atoms with van der Waals surface area (Å²) >= 11 is 0. The normalized spacial score (nSPS) is 17.0. The number of sulfonamides is 1. The lowest BCUT2D eigenvalue weighted by Crippen LogP contribution is -2.54. The smallest absolute Gasteiger partial charge is 0.271 e. The van der Waals surface area contributed by atoms with Crippen molar-refractivity contribution in [2.24, 2.45) is 5.73 Å². The fourth-order valence-corrected chi connectivity index (χ4v) is 3.44. The molecule has 0 aliphatic heterocycles. The second-order valence-electron chi connectivity index (χ2n) is 5.13. The minimum absolute atomic E-state index is 0.0489. The van der Waals surface area contributed by atoms with Gasteiger partial charge in [0.15, 0.2) is 0 Å². The van der Waals surface area contributed by atoms with Gasteiger partial charge in [-0.05, 0) is 25.3 Å². The zero-order valence-electron chi connectivity index (χ0n) is 11.5. The van der Waals surface area contributed by atoms with Gasteiger partial charge in [-0.15, -0.1) is 0 Å². The lowest BCUT2D eigenvalue weighted by molar-refractivity contribution is -0.385. The minimum Gasteiger partial charge on any atom is -0.495 e. The maximum Gasteiger partial charge on any atom is 0.271 e. The van der Waals surface area contributed by atoms with Crippen LogP contribution in [0.3, 0.4) is 0 Å². The number of nitro benzene ring substituents is 1. The Morgan fingerprint density at radius 2 is 2.14 bits per heavy atom. The molecule has 0 unspecified atom stereocenters.